The van der Waals surface area contributed by atoms with Crippen LogP contribution >= 0.6 is 0 Å². The van der Waals surface area contributed by atoms with Crippen molar-refractivity contribution in [3.05, 3.63) is 123 Å². The van der Waals surface area contributed by atoms with E-state index in [1.54, 1.807) is 45.7 Å². The van der Waals surface area contributed by atoms with Crippen LogP contribution in [-0.4, -0.2) is 133 Å². The molecule has 1 amide bonds. The van der Waals surface area contributed by atoms with E-state index in [0.29, 0.717) is 12.5 Å². The van der Waals surface area contributed by atoms with Gasteiger partial charge in [-0.05, 0) is 44.5 Å². The van der Waals surface area contributed by atoms with E-state index in [4.69, 9.17) is 18.9 Å². The van der Waals surface area contributed by atoms with Crippen molar-refractivity contribution in [2.24, 2.45) is 28.8 Å². The van der Waals surface area contributed by atoms with Crippen LogP contribution in [-0.2, 0) is 23.8 Å². The van der Waals surface area contributed by atoms with Crippen LogP contribution in [0.3, 0.4) is 0 Å². The number of nitrogens with one attached hydrogen (secondary N) is 1. The zero-order valence-corrected chi connectivity index (χ0v) is 46.7. The molecule has 0 saturated carbocycles. The number of methoxy groups -OCH3 is 1. The highest BCUT2D eigenvalue weighted by Crippen LogP contribution is 2.55. The molecule has 7 N–H and O–H groups in total. The van der Waals surface area contributed by atoms with E-state index in [9.17, 15) is 54.2 Å². The Morgan fingerprint density at radius 1 is 0.976 bits per heavy atom. The number of hydrazone groups is 1. The number of benzene rings is 3. The average molecular weight is 1140 g/mol. The van der Waals surface area contributed by atoms with Crippen LogP contribution < -0.4 is 20.4 Å². The summed E-state index contributed by atoms with van der Waals surface area (Å²) in [5.41, 5.74) is -2.81. The van der Waals surface area contributed by atoms with Gasteiger partial charge in [0, 0.05) is 93.6 Å². The smallest absolute Gasteiger partial charge is 0.312 e. The Balaban J connectivity index is 1.20. The summed E-state index contributed by atoms with van der Waals surface area (Å²) in [5, 5.41) is 77.4. The van der Waals surface area contributed by atoms with Gasteiger partial charge >= 0.3 is 11.8 Å². The maximum Gasteiger partial charge on any atom is 0.312 e. The van der Waals surface area contributed by atoms with Gasteiger partial charge in [0.2, 0.25) is 5.43 Å². The number of fused-ring (bicyclic) bond motifs is 15. The zero-order valence-electron chi connectivity index (χ0n) is 46.7. The lowest BCUT2D eigenvalue weighted by atomic mass is 9.78. The highest BCUT2D eigenvalue weighted by molar-refractivity contribution is 6.24. The summed E-state index contributed by atoms with van der Waals surface area (Å²) in [5.74, 6) is -13.5. The van der Waals surface area contributed by atoms with E-state index in [1.165, 1.54) is 58.0 Å². The van der Waals surface area contributed by atoms with E-state index in [1.807, 2.05) is 0 Å². The molecule has 1 saturated heterocycles. The van der Waals surface area contributed by atoms with Gasteiger partial charge in [-0.1, -0.05) is 52.5 Å². The molecular weight excluding hydrogens is 1070 g/mol. The number of Topliss-reactive ketones (excluding diaryl/α,β-unsaturated/α-hetero) is 1. The molecule has 436 valence electrons. The Bertz CT molecular complexity index is 3620. The largest absolute Gasteiger partial charge is 0.508 e. The summed E-state index contributed by atoms with van der Waals surface area (Å²) in [6.45, 7) is 15.7. The number of nitrogens with zero attached hydrogens (tertiary/aromatic N) is 5. The highest BCUT2D eigenvalue weighted by atomic mass is 19.1. The monoisotopic (exact) mass is 1140 g/mol. The number of aromatic nitrogens is 2. The number of hydrogen-bond acceptors (Lipinski definition) is 18. The molecular formula is C59H65F3N6O14. The molecule has 5 bridgehead atoms. The third-order valence-corrected chi connectivity index (χ3v) is 15.8. The first kappa shape index (κ1) is 59.7. The quantitative estimate of drug-likeness (QED) is 0.0194. The minimum absolute atomic E-state index is 0.0323. The van der Waals surface area contributed by atoms with Crippen molar-refractivity contribution in [3.63, 3.8) is 0 Å². The van der Waals surface area contributed by atoms with Crippen LogP contribution in [0.15, 0.2) is 83.1 Å². The lowest BCUT2D eigenvalue weighted by Crippen LogP contribution is -2.46. The minimum Gasteiger partial charge on any atom is -0.508 e. The number of aromatic hydroxyl groups is 3. The summed E-state index contributed by atoms with van der Waals surface area (Å²) >= 11 is 0. The first-order valence-corrected chi connectivity index (χ1v) is 26.3. The SMILES string of the molecule is C=C(O)c1cn(-c2ccc(F)cc2F)c2nc(N3CCC(N(C)/N=C\c4c5c(O)c6c(O)c(C)c7c(c6c4O)C(=O)[C@@](C)(O/C=C/[C@H](OC)[C@@H](C)[C@@H](OC(C)=O)[C@H](C)[C@H](O)[C@H](C)[C@@H](O)[C@@H](C)/C=C/C=C(/C)C(=O)N5)O7)C3)c(F)cc2c1=O. The van der Waals surface area contributed by atoms with Crippen LogP contribution in [0.5, 0.6) is 23.0 Å². The molecule has 0 radical (unpaired) electrons. The van der Waals surface area contributed by atoms with E-state index in [0.717, 1.165) is 41.4 Å². The molecule has 20 nitrogen and oxygen atoms in total. The standard InChI is InChI=1S/C59H65F3N6O14/c1-26-13-12-14-27(2)58(78)64-46-37(23-63-66(10)35-17-19-67(24-35)57-40(62)22-36-50(74)38(32(7)69)25-68(56(36)65-57)41-16-15-34(60)21-39(41)61)51(75)43-44(52(46)76)49(73)31(6)54-45(43)55(77)59(9,82-54)80-20-18-42(79-11)28(3)53(81-33(8)70)30(5)48(72)29(4)47(26)71/h12-16,18,20-23,25-26,28-30,35,42,47-48,53,69,71-73,75-76H,7,17,19,24H2,1-6,8-11H3,(H,64,78)/b13-12+,20-18+,27-14-,63-23-/t26-,28+,29+,30+,35?,42-,47-,48+,53+,59-/m0/s1. The van der Waals surface area contributed by atoms with Crippen molar-refractivity contribution in [3.8, 4) is 28.7 Å². The fourth-order valence-electron chi connectivity index (χ4n) is 10.9. The third kappa shape index (κ3) is 10.9. The van der Waals surface area contributed by atoms with Crippen molar-refractivity contribution in [2.45, 2.75) is 98.1 Å². The number of phenolic OH excluding ortho intramolecular Hbond substituents is 3. The molecule has 82 heavy (non-hydrogen) atoms. The van der Waals surface area contributed by atoms with Crippen molar-refractivity contribution in [1.29, 1.82) is 0 Å². The highest BCUT2D eigenvalue weighted by Gasteiger charge is 2.50. The number of likely N-dealkylation sites (N-methyl/N-ethyl adjacent to an activating group) is 1. The van der Waals surface area contributed by atoms with Gasteiger partial charge in [0.25, 0.3) is 11.7 Å². The predicted octanol–water partition coefficient (Wildman–Crippen LogP) is 7.94. The number of anilines is 2. The zero-order chi connectivity index (χ0) is 60.1. The Morgan fingerprint density at radius 3 is 2.34 bits per heavy atom. The second-order valence-corrected chi connectivity index (χ2v) is 21.3. The fourth-order valence-corrected chi connectivity index (χ4v) is 10.9. The molecule has 1 unspecified atom stereocenters. The van der Waals surface area contributed by atoms with Crippen molar-refractivity contribution < 1.29 is 77.1 Å². The van der Waals surface area contributed by atoms with Crippen LogP contribution in [0.1, 0.15) is 81.9 Å². The molecule has 6 heterocycles. The Morgan fingerprint density at radius 2 is 1.68 bits per heavy atom. The number of aliphatic hydroxyl groups is 3. The number of halogens is 3. The third-order valence-electron chi connectivity index (χ3n) is 15.8. The molecule has 0 spiro atoms. The maximum atomic E-state index is 16.2. The minimum atomic E-state index is -2.18. The number of hydrogen-bond donors (Lipinski definition) is 7. The number of allylic oxidation sites excluding steroid dienone is 2. The maximum absolute atomic E-state index is 16.2. The molecule has 5 aromatic rings. The van der Waals surface area contributed by atoms with Crippen LogP contribution in [0.4, 0.5) is 24.7 Å². The summed E-state index contributed by atoms with van der Waals surface area (Å²) in [6.07, 6.45) is 5.40. The fraction of sp³-hybridized carbons (Fsp3) is 0.390. The van der Waals surface area contributed by atoms with Gasteiger partial charge < -0.3 is 59.8 Å². The number of ketones is 1. The molecule has 4 aliphatic heterocycles. The number of carbonyl (C=O) groups is 3. The molecule has 2 aromatic heterocycles. The van der Waals surface area contributed by atoms with Gasteiger partial charge in [-0.3, -0.25) is 28.8 Å². The summed E-state index contributed by atoms with van der Waals surface area (Å²) in [4.78, 5) is 60.8. The summed E-state index contributed by atoms with van der Waals surface area (Å²) in [6, 6.07) is 3.02. The number of amides is 1. The van der Waals surface area contributed by atoms with Crippen LogP contribution in [0, 0.1) is 48.0 Å². The lowest BCUT2D eigenvalue weighted by molar-refractivity contribution is -0.160. The van der Waals surface area contributed by atoms with Crippen LogP contribution in [0.2, 0.25) is 0 Å². The molecule has 23 heteroatoms. The number of aliphatic hydroxyl groups excluding tert-OH is 3. The van der Waals surface area contributed by atoms with Gasteiger partial charge in [-0.15, -0.1) is 0 Å². The van der Waals surface area contributed by atoms with Gasteiger partial charge in [0.05, 0.1) is 75.7 Å². The molecule has 1 fully saturated rings. The molecule has 10 atom stereocenters. The van der Waals surface area contributed by atoms with Crippen LogP contribution in [0.25, 0.3) is 33.3 Å². The van der Waals surface area contributed by atoms with Crippen molar-refractivity contribution >= 4 is 62.9 Å². The predicted molar refractivity (Wildman–Crippen MR) is 299 cm³/mol. The Hall–Kier alpha value is -8.41. The van der Waals surface area contributed by atoms with E-state index in [-0.39, 0.29) is 69.2 Å². The number of rotatable bonds is 8. The number of carbonyl (C=O) groups excluding carboxylic acids is 3. The second-order valence-electron chi connectivity index (χ2n) is 21.3. The normalized spacial score (nSPS) is 26.8. The second kappa shape index (κ2) is 23.2. The molecule has 9 rings (SSSR count). The van der Waals surface area contributed by atoms with Gasteiger partial charge in [0.15, 0.2) is 23.0 Å². The molecule has 4 aliphatic rings. The average Bonchev–Trinajstić information content (AvgIpc) is 4.06. The lowest BCUT2D eigenvalue weighted by Gasteiger charge is -2.38. The Labute approximate surface area is 469 Å². The Kier molecular flexibility index (Phi) is 16.9. The number of ether oxygens (including phenoxy) is 4. The van der Waals surface area contributed by atoms with Gasteiger partial charge in [-0.2, -0.15) is 5.10 Å². The summed E-state index contributed by atoms with van der Waals surface area (Å²) in [7, 11) is 2.95. The number of pyridine rings is 2. The van der Waals surface area contributed by atoms with Gasteiger partial charge in [-0.25, -0.2) is 18.2 Å². The van der Waals surface area contributed by atoms with Crippen molar-refractivity contribution in [2.75, 3.05) is 37.5 Å². The van der Waals surface area contributed by atoms with E-state index >= 15 is 8.78 Å². The van der Waals surface area contributed by atoms with E-state index < -0.39 is 140 Å². The first-order chi connectivity index (χ1) is 38.6. The number of phenols is 3. The first-order valence-electron chi connectivity index (χ1n) is 26.3. The summed E-state index contributed by atoms with van der Waals surface area (Å²) < 4.78 is 70.3. The molecule has 3 aromatic carbocycles. The van der Waals surface area contributed by atoms with Crippen molar-refractivity contribution in [1.82, 2.24) is 14.6 Å². The van der Waals surface area contributed by atoms with E-state index in [2.05, 4.69) is 22.0 Å². The number of esters is 1. The topological polar surface area (TPSA) is 275 Å². The molecule has 0 aliphatic carbocycles. The van der Waals surface area contributed by atoms with Gasteiger partial charge in [0.1, 0.15) is 40.7 Å².